The largest absolute Gasteiger partial charge is 0.309 e. The molecule has 0 radical (unpaired) electrons. The van der Waals surface area contributed by atoms with E-state index < -0.39 is 0 Å². The Kier molecular flexibility index (Phi) is 3.87. The van der Waals surface area contributed by atoms with E-state index in [4.69, 9.17) is 11.6 Å². The number of halogens is 1. The molecule has 1 fully saturated rings. The van der Waals surface area contributed by atoms with Crippen LogP contribution < -0.4 is 5.32 Å². The van der Waals surface area contributed by atoms with Crippen molar-refractivity contribution in [1.82, 2.24) is 10.3 Å². The van der Waals surface area contributed by atoms with E-state index >= 15 is 0 Å². The number of rotatable bonds is 5. The fraction of sp³-hybridized carbons (Fsp3) is 0.400. The summed E-state index contributed by atoms with van der Waals surface area (Å²) in [5, 5.41) is 5.52. The minimum Gasteiger partial charge on any atom is -0.309 e. The molecule has 1 aliphatic carbocycles. The lowest BCUT2D eigenvalue weighted by Crippen LogP contribution is -2.14. The van der Waals surface area contributed by atoms with E-state index in [1.165, 1.54) is 17.7 Å². The summed E-state index contributed by atoms with van der Waals surface area (Å²) in [6.07, 6.45) is 3.48. The minimum absolute atomic E-state index is 0.744. The summed E-state index contributed by atoms with van der Waals surface area (Å²) in [6, 6.07) is 8.74. The van der Waals surface area contributed by atoms with Gasteiger partial charge in [-0.25, -0.2) is 4.98 Å². The van der Waals surface area contributed by atoms with E-state index in [0.717, 1.165) is 40.3 Å². The van der Waals surface area contributed by atoms with Crippen molar-refractivity contribution in [2.24, 2.45) is 0 Å². The molecule has 0 spiro atoms. The van der Waals surface area contributed by atoms with Crippen LogP contribution >= 0.6 is 22.9 Å². The summed E-state index contributed by atoms with van der Waals surface area (Å²) in [6.45, 7) is 3.05. The third kappa shape index (κ3) is 3.35. The highest BCUT2D eigenvalue weighted by atomic mass is 35.5. The summed E-state index contributed by atoms with van der Waals surface area (Å²) in [7, 11) is 0. The Bertz CT molecular complexity index is 575. The van der Waals surface area contributed by atoms with Gasteiger partial charge in [-0.05, 0) is 31.4 Å². The van der Waals surface area contributed by atoms with Gasteiger partial charge in [0.15, 0.2) is 0 Å². The molecule has 1 aliphatic rings. The van der Waals surface area contributed by atoms with Crippen molar-refractivity contribution in [2.75, 3.05) is 0 Å². The van der Waals surface area contributed by atoms with E-state index in [1.54, 1.807) is 11.3 Å². The number of nitrogens with zero attached hydrogens (tertiary/aromatic N) is 1. The quantitative estimate of drug-likeness (QED) is 0.903. The van der Waals surface area contributed by atoms with E-state index in [0.29, 0.717) is 0 Å². The standard InChI is InChI=1S/C15H17ClN2S/c1-10-14(9-17-12-6-7-12)19-15(18-10)8-11-4-2-3-5-13(11)16/h2-5,12,17H,6-9H2,1H3. The van der Waals surface area contributed by atoms with Crippen LogP contribution in [0.25, 0.3) is 0 Å². The van der Waals surface area contributed by atoms with Gasteiger partial charge < -0.3 is 5.32 Å². The molecule has 1 aromatic carbocycles. The van der Waals surface area contributed by atoms with Crippen molar-refractivity contribution in [2.45, 2.75) is 38.8 Å². The normalized spacial score (nSPS) is 14.8. The van der Waals surface area contributed by atoms with Gasteiger partial charge in [-0.15, -0.1) is 11.3 Å². The summed E-state index contributed by atoms with van der Waals surface area (Å²) >= 11 is 8.00. The molecule has 2 nitrogen and oxygen atoms in total. The Morgan fingerprint density at radius 2 is 2.16 bits per heavy atom. The number of hydrogen-bond donors (Lipinski definition) is 1. The number of benzene rings is 1. The number of thiazole rings is 1. The average Bonchev–Trinajstić information content (AvgIpc) is 3.15. The lowest BCUT2D eigenvalue weighted by Gasteiger charge is -2.00. The Morgan fingerprint density at radius 3 is 2.89 bits per heavy atom. The molecule has 4 heteroatoms. The first-order valence-corrected chi connectivity index (χ1v) is 7.84. The van der Waals surface area contributed by atoms with Crippen LogP contribution in [0.4, 0.5) is 0 Å². The highest BCUT2D eigenvalue weighted by molar-refractivity contribution is 7.11. The first-order chi connectivity index (χ1) is 9.22. The maximum Gasteiger partial charge on any atom is 0.0975 e. The summed E-state index contributed by atoms with van der Waals surface area (Å²) in [5.41, 5.74) is 2.31. The smallest absolute Gasteiger partial charge is 0.0975 e. The maximum absolute atomic E-state index is 6.20. The van der Waals surface area contributed by atoms with Gasteiger partial charge in [0, 0.05) is 28.9 Å². The van der Waals surface area contributed by atoms with Crippen LogP contribution in [0.3, 0.4) is 0 Å². The third-order valence-corrected chi connectivity index (χ3v) is 4.89. The Balaban J connectivity index is 1.70. The highest BCUT2D eigenvalue weighted by Crippen LogP contribution is 2.25. The molecule has 1 aromatic heterocycles. The van der Waals surface area contributed by atoms with Crippen LogP contribution in [0.1, 0.15) is 34.0 Å². The molecule has 1 heterocycles. The third-order valence-electron chi connectivity index (χ3n) is 3.37. The van der Waals surface area contributed by atoms with Gasteiger partial charge >= 0.3 is 0 Å². The zero-order valence-corrected chi connectivity index (χ0v) is 12.5. The number of aromatic nitrogens is 1. The predicted octanol–water partition coefficient (Wildman–Crippen LogP) is 3.95. The van der Waals surface area contributed by atoms with Crippen molar-refractivity contribution in [3.05, 3.63) is 50.4 Å². The molecule has 0 bridgehead atoms. The van der Waals surface area contributed by atoms with Gasteiger partial charge in [-0.2, -0.15) is 0 Å². The number of aryl methyl sites for hydroxylation is 1. The van der Waals surface area contributed by atoms with Crippen molar-refractivity contribution in [3.63, 3.8) is 0 Å². The van der Waals surface area contributed by atoms with Gasteiger partial charge in [-0.1, -0.05) is 29.8 Å². The monoisotopic (exact) mass is 292 g/mol. The molecule has 0 amide bonds. The maximum atomic E-state index is 6.20. The summed E-state index contributed by atoms with van der Waals surface area (Å²) < 4.78 is 0. The first-order valence-electron chi connectivity index (χ1n) is 6.64. The second-order valence-electron chi connectivity index (χ2n) is 5.04. The molecule has 2 aromatic rings. The van der Waals surface area contributed by atoms with Gasteiger partial charge in [-0.3, -0.25) is 0 Å². The number of hydrogen-bond acceptors (Lipinski definition) is 3. The fourth-order valence-corrected chi connectivity index (χ4v) is 3.30. The first kappa shape index (κ1) is 13.1. The van der Waals surface area contributed by atoms with Gasteiger partial charge in [0.05, 0.1) is 10.7 Å². The van der Waals surface area contributed by atoms with E-state index in [9.17, 15) is 0 Å². The van der Waals surface area contributed by atoms with Crippen molar-refractivity contribution >= 4 is 22.9 Å². The summed E-state index contributed by atoms with van der Waals surface area (Å²) in [4.78, 5) is 6.02. The molecular formula is C15H17ClN2S. The number of nitrogens with one attached hydrogen (secondary N) is 1. The van der Waals surface area contributed by atoms with Crippen LogP contribution in [0.5, 0.6) is 0 Å². The minimum atomic E-state index is 0.744. The Hall–Kier alpha value is -0.900. The molecule has 3 rings (SSSR count). The molecule has 0 saturated heterocycles. The van der Waals surface area contributed by atoms with Gasteiger partial charge in [0.1, 0.15) is 0 Å². The Morgan fingerprint density at radius 1 is 1.37 bits per heavy atom. The molecule has 1 saturated carbocycles. The van der Waals surface area contributed by atoms with Crippen LogP contribution in [0.15, 0.2) is 24.3 Å². The molecule has 100 valence electrons. The van der Waals surface area contributed by atoms with Crippen LogP contribution in [-0.2, 0) is 13.0 Å². The highest BCUT2D eigenvalue weighted by Gasteiger charge is 2.21. The molecule has 1 N–H and O–H groups in total. The molecular weight excluding hydrogens is 276 g/mol. The SMILES string of the molecule is Cc1nc(Cc2ccccc2Cl)sc1CNC1CC1. The van der Waals surface area contributed by atoms with Crippen LogP contribution in [-0.4, -0.2) is 11.0 Å². The second kappa shape index (κ2) is 5.61. The zero-order chi connectivity index (χ0) is 13.2. The lowest BCUT2D eigenvalue weighted by molar-refractivity contribution is 0.691. The molecule has 0 aliphatic heterocycles. The van der Waals surface area contributed by atoms with Gasteiger partial charge in [0.25, 0.3) is 0 Å². The topological polar surface area (TPSA) is 24.9 Å². The molecule has 0 atom stereocenters. The van der Waals surface area contributed by atoms with Crippen molar-refractivity contribution < 1.29 is 0 Å². The molecule has 0 unspecified atom stereocenters. The second-order valence-corrected chi connectivity index (χ2v) is 6.61. The summed E-state index contributed by atoms with van der Waals surface area (Å²) in [5.74, 6) is 0. The van der Waals surface area contributed by atoms with Crippen molar-refractivity contribution in [1.29, 1.82) is 0 Å². The zero-order valence-electron chi connectivity index (χ0n) is 10.9. The van der Waals surface area contributed by atoms with E-state index in [2.05, 4.69) is 23.3 Å². The Labute approximate surface area is 122 Å². The van der Waals surface area contributed by atoms with Crippen molar-refractivity contribution in [3.8, 4) is 0 Å². The van der Waals surface area contributed by atoms with Crippen LogP contribution in [0.2, 0.25) is 5.02 Å². The average molecular weight is 293 g/mol. The molecule has 19 heavy (non-hydrogen) atoms. The fourth-order valence-electron chi connectivity index (χ4n) is 2.06. The predicted molar refractivity (Wildman–Crippen MR) is 81.0 cm³/mol. The lowest BCUT2D eigenvalue weighted by atomic mass is 10.2. The van der Waals surface area contributed by atoms with Crippen LogP contribution in [0, 0.1) is 6.92 Å². The van der Waals surface area contributed by atoms with Gasteiger partial charge in [0.2, 0.25) is 0 Å². The van der Waals surface area contributed by atoms with E-state index in [1.807, 2.05) is 18.2 Å². The van der Waals surface area contributed by atoms with E-state index in [-0.39, 0.29) is 0 Å².